The molecule has 2 aliphatic rings. The first-order chi connectivity index (χ1) is 11.6. The first-order valence-electron chi connectivity index (χ1n) is 8.34. The second-order valence-electron chi connectivity index (χ2n) is 6.61. The van der Waals surface area contributed by atoms with Crippen LogP contribution in [0, 0.1) is 12.8 Å². The van der Waals surface area contributed by atoms with Gasteiger partial charge in [0.15, 0.2) is 5.69 Å². The number of hydrogen-bond donors (Lipinski definition) is 0. The van der Waals surface area contributed by atoms with Crippen LogP contribution in [0.2, 0.25) is 0 Å². The number of hydrogen-bond acceptors (Lipinski definition) is 6. The molecule has 4 rings (SSSR count). The Hall–Kier alpha value is -2.22. The predicted octanol–water partition coefficient (Wildman–Crippen LogP) is 1.28. The summed E-state index contributed by atoms with van der Waals surface area (Å²) >= 11 is 0. The highest BCUT2D eigenvalue weighted by Crippen LogP contribution is 2.32. The van der Waals surface area contributed by atoms with Crippen LogP contribution in [0.25, 0.3) is 0 Å². The lowest BCUT2D eigenvalue weighted by atomic mass is 10.0. The van der Waals surface area contributed by atoms with Gasteiger partial charge in [0.05, 0.1) is 12.3 Å². The molecular formula is C16H21N5O3. The zero-order valence-electron chi connectivity index (χ0n) is 13.9. The number of nitrogens with zero attached hydrogens (tertiary/aromatic N) is 5. The highest BCUT2D eigenvalue weighted by molar-refractivity contribution is 5.92. The van der Waals surface area contributed by atoms with E-state index in [2.05, 4.69) is 15.5 Å². The van der Waals surface area contributed by atoms with Crippen molar-refractivity contribution in [3.05, 3.63) is 28.9 Å². The molecule has 1 atom stereocenters. The van der Waals surface area contributed by atoms with Gasteiger partial charge in [-0.15, -0.1) is 5.10 Å². The van der Waals surface area contributed by atoms with Crippen LogP contribution in [0.1, 0.15) is 46.5 Å². The number of fused-ring (bicyclic) bond motifs is 1. The SMILES string of the molecule is Cc1cc(C(=O)N2CCc3c(nnn3C)C2COCC2CC2)no1. The molecule has 8 heteroatoms. The highest BCUT2D eigenvalue weighted by atomic mass is 16.5. The minimum atomic E-state index is -0.231. The smallest absolute Gasteiger partial charge is 0.276 e. The molecule has 0 spiro atoms. The van der Waals surface area contributed by atoms with Crippen LogP contribution in [0.15, 0.2) is 10.6 Å². The summed E-state index contributed by atoms with van der Waals surface area (Å²) in [4.78, 5) is 14.6. The maximum absolute atomic E-state index is 12.8. The third kappa shape index (κ3) is 2.82. The molecule has 1 aliphatic carbocycles. The summed E-state index contributed by atoms with van der Waals surface area (Å²) in [5.74, 6) is 1.15. The Morgan fingerprint density at radius 1 is 1.42 bits per heavy atom. The predicted molar refractivity (Wildman–Crippen MR) is 83.3 cm³/mol. The van der Waals surface area contributed by atoms with Gasteiger partial charge < -0.3 is 14.2 Å². The summed E-state index contributed by atoms with van der Waals surface area (Å²) in [6.07, 6.45) is 3.20. The monoisotopic (exact) mass is 331 g/mol. The minimum absolute atomic E-state index is 0.150. The van der Waals surface area contributed by atoms with E-state index in [1.807, 2.05) is 7.05 Å². The van der Waals surface area contributed by atoms with Crippen molar-refractivity contribution in [2.75, 3.05) is 19.8 Å². The zero-order valence-corrected chi connectivity index (χ0v) is 13.9. The number of carbonyl (C=O) groups is 1. The van der Waals surface area contributed by atoms with E-state index in [9.17, 15) is 4.79 Å². The fourth-order valence-corrected chi connectivity index (χ4v) is 3.13. The Kier molecular flexibility index (Phi) is 3.84. The summed E-state index contributed by atoms with van der Waals surface area (Å²) in [6.45, 7) is 3.55. The van der Waals surface area contributed by atoms with E-state index < -0.39 is 0 Å². The first kappa shape index (κ1) is 15.3. The molecule has 1 unspecified atom stereocenters. The Bertz CT molecular complexity index is 749. The molecule has 0 radical (unpaired) electrons. The molecule has 1 fully saturated rings. The van der Waals surface area contributed by atoms with Gasteiger partial charge in [0.1, 0.15) is 17.5 Å². The van der Waals surface area contributed by atoms with Crippen LogP contribution in [0.5, 0.6) is 0 Å². The van der Waals surface area contributed by atoms with Crippen molar-refractivity contribution in [3.8, 4) is 0 Å². The molecule has 8 nitrogen and oxygen atoms in total. The van der Waals surface area contributed by atoms with Gasteiger partial charge in [0.25, 0.3) is 5.91 Å². The summed E-state index contributed by atoms with van der Waals surface area (Å²) in [5.41, 5.74) is 2.22. The Morgan fingerprint density at radius 2 is 2.25 bits per heavy atom. The normalized spacial score (nSPS) is 20.2. The van der Waals surface area contributed by atoms with Crippen molar-refractivity contribution in [2.24, 2.45) is 13.0 Å². The number of ether oxygens (including phenoxy) is 1. The molecule has 0 saturated heterocycles. The van der Waals surface area contributed by atoms with E-state index >= 15 is 0 Å². The molecule has 0 N–H and O–H groups in total. The number of aromatic nitrogens is 4. The van der Waals surface area contributed by atoms with Crippen molar-refractivity contribution in [3.63, 3.8) is 0 Å². The van der Waals surface area contributed by atoms with Crippen molar-refractivity contribution < 1.29 is 14.1 Å². The third-order valence-corrected chi connectivity index (χ3v) is 4.69. The van der Waals surface area contributed by atoms with E-state index in [-0.39, 0.29) is 11.9 Å². The zero-order chi connectivity index (χ0) is 16.7. The number of rotatable bonds is 5. The average molecular weight is 331 g/mol. The van der Waals surface area contributed by atoms with Crippen molar-refractivity contribution in [1.29, 1.82) is 0 Å². The molecule has 1 amide bonds. The largest absolute Gasteiger partial charge is 0.379 e. The molecule has 24 heavy (non-hydrogen) atoms. The highest BCUT2D eigenvalue weighted by Gasteiger charge is 2.36. The van der Waals surface area contributed by atoms with Gasteiger partial charge in [-0.1, -0.05) is 10.4 Å². The maximum Gasteiger partial charge on any atom is 0.276 e. The lowest BCUT2D eigenvalue weighted by Gasteiger charge is -2.34. The lowest BCUT2D eigenvalue weighted by Crippen LogP contribution is -2.42. The average Bonchev–Trinajstić information content (AvgIpc) is 3.18. The van der Waals surface area contributed by atoms with E-state index in [4.69, 9.17) is 9.26 Å². The van der Waals surface area contributed by atoms with Crippen LogP contribution in [-0.2, 0) is 18.2 Å². The minimum Gasteiger partial charge on any atom is -0.379 e. The Labute approximate surface area is 139 Å². The number of aryl methyl sites for hydroxylation is 2. The van der Waals surface area contributed by atoms with Gasteiger partial charge in [-0.05, 0) is 25.7 Å². The first-order valence-corrected chi connectivity index (χ1v) is 8.34. The van der Waals surface area contributed by atoms with Gasteiger partial charge in [0, 0.05) is 32.7 Å². The van der Waals surface area contributed by atoms with Gasteiger partial charge in [-0.2, -0.15) is 0 Å². The van der Waals surface area contributed by atoms with E-state index in [0.29, 0.717) is 30.5 Å². The lowest BCUT2D eigenvalue weighted by molar-refractivity contribution is 0.0348. The molecular weight excluding hydrogens is 310 g/mol. The van der Waals surface area contributed by atoms with Crippen LogP contribution in [0.3, 0.4) is 0 Å². The maximum atomic E-state index is 12.8. The van der Waals surface area contributed by atoms with E-state index in [0.717, 1.165) is 24.4 Å². The van der Waals surface area contributed by atoms with Gasteiger partial charge in [-0.25, -0.2) is 0 Å². The standard InChI is InChI=1S/C16H21N5O3/c1-10-7-12(18-24-10)16(22)21-6-5-13-15(17-19-20(13)2)14(21)9-23-8-11-3-4-11/h7,11,14H,3-6,8-9H2,1-2H3. The number of carbonyl (C=O) groups excluding carboxylic acids is 1. The molecule has 2 aromatic rings. The van der Waals surface area contributed by atoms with Crippen LogP contribution >= 0.6 is 0 Å². The Balaban J connectivity index is 1.57. The number of amides is 1. The van der Waals surface area contributed by atoms with Gasteiger partial charge in [-0.3, -0.25) is 9.48 Å². The molecule has 3 heterocycles. The fourth-order valence-electron chi connectivity index (χ4n) is 3.13. The molecule has 0 bridgehead atoms. The Morgan fingerprint density at radius 3 is 2.96 bits per heavy atom. The van der Waals surface area contributed by atoms with Crippen LogP contribution < -0.4 is 0 Å². The topological polar surface area (TPSA) is 86.3 Å². The second-order valence-corrected chi connectivity index (χ2v) is 6.61. The molecule has 0 aromatic carbocycles. The second kappa shape index (κ2) is 6.01. The summed E-state index contributed by atoms with van der Waals surface area (Å²) in [7, 11) is 1.88. The molecule has 1 saturated carbocycles. The van der Waals surface area contributed by atoms with Crippen molar-refractivity contribution >= 4 is 5.91 Å². The summed E-state index contributed by atoms with van der Waals surface area (Å²) in [6, 6.07) is 1.43. The third-order valence-electron chi connectivity index (χ3n) is 4.69. The van der Waals surface area contributed by atoms with E-state index in [1.54, 1.807) is 22.6 Å². The molecule has 1 aliphatic heterocycles. The quantitative estimate of drug-likeness (QED) is 0.820. The summed E-state index contributed by atoms with van der Waals surface area (Å²) in [5, 5.41) is 12.2. The van der Waals surface area contributed by atoms with Gasteiger partial charge >= 0.3 is 0 Å². The van der Waals surface area contributed by atoms with Crippen molar-refractivity contribution in [2.45, 2.75) is 32.2 Å². The van der Waals surface area contributed by atoms with Crippen LogP contribution in [0.4, 0.5) is 0 Å². The van der Waals surface area contributed by atoms with Gasteiger partial charge in [0.2, 0.25) is 0 Å². The van der Waals surface area contributed by atoms with Crippen LogP contribution in [-0.4, -0.2) is 50.7 Å². The van der Waals surface area contributed by atoms with E-state index in [1.165, 1.54) is 12.8 Å². The van der Waals surface area contributed by atoms with Crippen molar-refractivity contribution in [1.82, 2.24) is 25.1 Å². The fraction of sp³-hybridized carbons (Fsp3) is 0.625. The summed E-state index contributed by atoms with van der Waals surface area (Å²) < 4.78 is 12.7. The molecule has 128 valence electrons. The molecule has 2 aromatic heterocycles.